The first-order chi connectivity index (χ1) is 22.7. The van der Waals surface area contributed by atoms with E-state index in [2.05, 4.69) is 0 Å². The number of carbonyl (C=O) groups excluding carboxylic acids is 1. The number of Topliss-reactive ketones (excluding diaryl/α,β-unsaturated/α-hetero) is 1. The standard InChI is InChI=1S/C13H14F3N3O5S.C13H12F3N3O5S/c2*1-3-10(20)6-4-7-9(5-8(6)13(14,15)16)17-12(22)19(11(7)21)18-25(2,23)24/h4-5,10,18,20H,3H2,1-2H3,(H,17,22);4-5,18H,3H2,1-2H3,(H,17,22). The van der Waals surface area contributed by atoms with Gasteiger partial charge in [-0.25, -0.2) is 36.1 Å². The fraction of sp³-hybridized carbons (Fsp3) is 0.346. The van der Waals surface area contributed by atoms with Gasteiger partial charge in [0.2, 0.25) is 20.0 Å². The number of alkyl halides is 6. The summed E-state index contributed by atoms with van der Waals surface area (Å²) in [5, 5.41) is 9.01. The molecule has 2 aromatic carbocycles. The minimum absolute atomic E-state index is 0.0479. The molecule has 4 rings (SSSR count). The first-order valence-corrected chi connectivity index (χ1v) is 17.5. The highest BCUT2D eigenvalue weighted by Crippen LogP contribution is 2.37. The maximum absolute atomic E-state index is 13.2. The number of benzene rings is 2. The summed E-state index contributed by atoms with van der Waals surface area (Å²) in [6.45, 7) is 2.80. The van der Waals surface area contributed by atoms with E-state index in [1.54, 1.807) is 9.66 Å². The van der Waals surface area contributed by atoms with Gasteiger partial charge in [0.25, 0.3) is 11.1 Å². The summed E-state index contributed by atoms with van der Waals surface area (Å²) in [5.74, 6) is -0.859. The number of aliphatic hydroxyl groups excluding tert-OH is 1. The fourth-order valence-electron chi connectivity index (χ4n) is 4.44. The lowest BCUT2D eigenvalue weighted by molar-refractivity contribution is -0.139. The van der Waals surface area contributed by atoms with Gasteiger partial charge in [-0.1, -0.05) is 13.8 Å². The highest BCUT2D eigenvalue weighted by atomic mass is 32.2. The summed E-state index contributed by atoms with van der Waals surface area (Å²) >= 11 is 0. The Labute approximate surface area is 275 Å². The molecule has 1 unspecified atom stereocenters. The van der Waals surface area contributed by atoms with Gasteiger partial charge in [0, 0.05) is 12.0 Å². The number of carbonyl (C=O) groups is 1. The lowest BCUT2D eigenvalue weighted by Crippen LogP contribution is -2.43. The Morgan fingerprint density at radius 2 is 1.16 bits per heavy atom. The highest BCUT2D eigenvalue weighted by Gasteiger charge is 2.37. The second-order valence-electron chi connectivity index (χ2n) is 10.5. The molecule has 1 atom stereocenters. The van der Waals surface area contributed by atoms with Crippen LogP contribution in [0, 0.1) is 0 Å². The third-order valence-corrected chi connectivity index (χ3v) is 7.62. The van der Waals surface area contributed by atoms with E-state index in [0.717, 1.165) is 6.07 Å². The van der Waals surface area contributed by atoms with Crippen LogP contribution in [0.15, 0.2) is 43.4 Å². The lowest BCUT2D eigenvalue weighted by atomic mass is 9.98. The second-order valence-corrected chi connectivity index (χ2v) is 13.9. The van der Waals surface area contributed by atoms with Gasteiger partial charge in [0.05, 0.1) is 51.5 Å². The number of hydrogen-bond donors (Lipinski definition) is 5. The zero-order valence-corrected chi connectivity index (χ0v) is 27.5. The van der Waals surface area contributed by atoms with Gasteiger partial charge in [-0.2, -0.15) is 35.7 Å². The van der Waals surface area contributed by atoms with Crippen molar-refractivity contribution in [2.24, 2.45) is 0 Å². The monoisotopic (exact) mass is 760 g/mol. The van der Waals surface area contributed by atoms with E-state index in [9.17, 15) is 72.3 Å². The molecule has 0 spiro atoms. The van der Waals surface area contributed by atoms with Crippen molar-refractivity contribution in [1.29, 1.82) is 0 Å². The molecular formula is C26H26F6N6O10S2. The largest absolute Gasteiger partial charge is 0.417 e. The number of rotatable bonds is 8. The summed E-state index contributed by atoms with van der Waals surface area (Å²) in [7, 11) is -8.00. The molecule has 0 aliphatic rings. The molecule has 0 saturated heterocycles. The van der Waals surface area contributed by atoms with Crippen molar-refractivity contribution in [3.05, 3.63) is 88.2 Å². The lowest BCUT2D eigenvalue weighted by Gasteiger charge is -2.18. The van der Waals surface area contributed by atoms with Crippen molar-refractivity contribution in [2.75, 3.05) is 22.2 Å². The molecule has 2 heterocycles. The van der Waals surface area contributed by atoms with E-state index >= 15 is 0 Å². The Kier molecular flexibility index (Phi) is 10.8. The SMILES string of the molecule is CCC(=O)c1cc2c(=O)n(NS(C)(=O)=O)c(=O)[nH]c2cc1C(F)(F)F.CCC(O)c1cc2c(=O)n(NS(C)(=O)=O)c(=O)[nH]c2cc1C(F)(F)F. The van der Waals surface area contributed by atoms with E-state index in [4.69, 9.17) is 0 Å². The number of H-pyrrole nitrogens is 2. The summed E-state index contributed by atoms with van der Waals surface area (Å²) in [4.78, 5) is 67.3. The average Bonchev–Trinajstić information content (AvgIpc) is 2.98. The Bertz CT molecular complexity index is 2470. The van der Waals surface area contributed by atoms with Gasteiger partial charge in [-0.05, 0) is 36.2 Å². The van der Waals surface area contributed by atoms with Crippen molar-refractivity contribution in [3.8, 4) is 0 Å². The van der Waals surface area contributed by atoms with E-state index in [1.807, 2.05) is 9.97 Å². The molecule has 24 heteroatoms. The summed E-state index contributed by atoms with van der Waals surface area (Å²) in [5.41, 5.74) is -9.57. The van der Waals surface area contributed by atoms with Crippen LogP contribution in [0.1, 0.15) is 59.8 Å². The quantitative estimate of drug-likeness (QED) is 0.128. The maximum atomic E-state index is 13.2. The number of aromatic amines is 2. The van der Waals surface area contributed by atoms with Crippen LogP contribution in [0.4, 0.5) is 26.3 Å². The number of aliphatic hydroxyl groups is 1. The van der Waals surface area contributed by atoms with Gasteiger partial charge in [0.15, 0.2) is 5.78 Å². The van der Waals surface area contributed by atoms with Crippen LogP contribution in [-0.2, 0) is 32.4 Å². The molecule has 0 amide bonds. The van der Waals surface area contributed by atoms with Gasteiger partial charge < -0.3 is 15.1 Å². The van der Waals surface area contributed by atoms with Crippen molar-refractivity contribution < 1.29 is 53.1 Å². The molecule has 0 aliphatic carbocycles. The highest BCUT2D eigenvalue weighted by molar-refractivity contribution is 7.91. The van der Waals surface area contributed by atoms with Gasteiger partial charge in [-0.3, -0.25) is 14.4 Å². The predicted octanol–water partition coefficient (Wildman–Crippen LogP) is 1.46. The van der Waals surface area contributed by atoms with Gasteiger partial charge in [-0.15, -0.1) is 0 Å². The van der Waals surface area contributed by atoms with Crippen LogP contribution in [-0.4, -0.2) is 59.6 Å². The predicted molar refractivity (Wildman–Crippen MR) is 166 cm³/mol. The van der Waals surface area contributed by atoms with Gasteiger partial charge in [0.1, 0.15) is 0 Å². The van der Waals surface area contributed by atoms with Crippen LogP contribution in [0.3, 0.4) is 0 Å². The number of fused-ring (bicyclic) bond motifs is 2. The smallest absolute Gasteiger partial charge is 0.388 e. The van der Waals surface area contributed by atoms with Crippen molar-refractivity contribution in [2.45, 2.75) is 45.1 Å². The molecule has 50 heavy (non-hydrogen) atoms. The third kappa shape index (κ3) is 8.78. The van der Waals surface area contributed by atoms with Crippen LogP contribution in [0.5, 0.6) is 0 Å². The molecule has 0 aliphatic heterocycles. The molecular weight excluding hydrogens is 734 g/mol. The Morgan fingerprint density at radius 1 is 0.760 bits per heavy atom. The summed E-state index contributed by atoms with van der Waals surface area (Å²) in [6, 6.07) is 2.51. The number of hydrogen-bond acceptors (Lipinski definition) is 10. The molecule has 274 valence electrons. The molecule has 0 radical (unpaired) electrons. The Balaban J connectivity index is 0.000000270. The maximum Gasteiger partial charge on any atom is 0.417 e. The number of sulfonamides is 2. The third-order valence-electron chi connectivity index (χ3n) is 6.60. The topological polar surface area (TPSA) is 239 Å². The van der Waals surface area contributed by atoms with E-state index in [1.165, 1.54) is 13.8 Å². The van der Waals surface area contributed by atoms with Crippen LogP contribution >= 0.6 is 0 Å². The molecule has 2 aromatic heterocycles. The first kappa shape index (κ1) is 39.5. The second kappa shape index (κ2) is 13.7. The normalized spacial score (nSPS) is 13.1. The number of halogens is 6. The minimum Gasteiger partial charge on any atom is -0.388 e. The van der Waals surface area contributed by atoms with Crippen LogP contribution in [0.2, 0.25) is 0 Å². The minimum atomic E-state index is -4.88. The van der Waals surface area contributed by atoms with Crippen LogP contribution in [0.25, 0.3) is 21.8 Å². The Morgan fingerprint density at radius 3 is 1.52 bits per heavy atom. The molecule has 0 saturated carbocycles. The number of nitrogens with one attached hydrogen (secondary N) is 4. The average molecular weight is 761 g/mol. The van der Waals surface area contributed by atoms with E-state index in [-0.39, 0.29) is 27.6 Å². The molecule has 0 bridgehead atoms. The molecule has 5 N–H and O–H groups in total. The van der Waals surface area contributed by atoms with Crippen molar-refractivity contribution >= 4 is 47.6 Å². The van der Waals surface area contributed by atoms with E-state index < -0.39 is 105 Å². The summed E-state index contributed by atoms with van der Waals surface area (Å²) < 4.78 is 124. The summed E-state index contributed by atoms with van der Waals surface area (Å²) in [6.07, 6.45) is -10.1. The van der Waals surface area contributed by atoms with Gasteiger partial charge >= 0.3 is 23.7 Å². The number of nitrogens with zero attached hydrogens (tertiary/aromatic N) is 2. The fourth-order valence-corrected chi connectivity index (χ4v) is 5.43. The van der Waals surface area contributed by atoms with Crippen molar-refractivity contribution in [1.82, 2.24) is 19.3 Å². The first-order valence-electron chi connectivity index (χ1n) is 13.7. The van der Waals surface area contributed by atoms with E-state index in [0.29, 0.717) is 30.7 Å². The molecule has 16 nitrogen and oxygen atoms in total. The number of ketones is 1. The Hall–Kier alpha value is -4.97. The zero-order chi connectivity index (χ0) is 38.3. The van der Waals surface area contributed by atoms with Crippen LogP contribution < -0.4 is 32.2 Å². The molecule has 4 aromatic rings. The number of aromatic nitrogens is 4. The van der Waals surface area contributed by atoms with Crippen molar-refractivity contribution in [3.63, 3.8) is 0 Å². The zero-order valence-electron chi connectivity index (χ0n) is 25.9. The molecule has 0 fully saturated rings.